The molecule has 0 aliphatic carbocycles. The van der Waals surface area contributed by atoms with Gasteiger partial charge in [0.25, 0.3) is 0 Å². The Morgan fingerprint density at radius 3 is 2.42 bits per heavy atom. The number of ketones is 2. The summed E-state index contributed by atoms with van der Waals surface area (Å²) in [6.45, 7) is 1.73. The topological polar surface area (TPSA) is 52.0 Å². The first-order valence-corrected chi connectivity index (χ1v) is 6.97. The van der Waals surface area contributed by atoms with Crippen LogP contribution in [-0.4, -0.2) is 21.3 Å². The zero-order chi connectivity index (χ0) is 14.2. The number of aromatic nitrogens is 2. The Morgan fingerprint density at radius 1 is 1.32 bits per heavy atom. The molecule has 0 N–H and O–H groups in total. The van der Waals surface area contributed by atoms with Crippen molar-refractivity contribution in [2.45, 2.75) is 13.3 Å². The van der Waals surface area contributed by atoms with Crippen LogP contribution in [-0.2, 0) is 7.05 Å². The largest absolute Gasteiger partial charge is 0.294 e. The summed E-state index contributed by atoms with van der Waals surface area (Å²) in [5.41, 5.74) is 1.36. The van der Waals surface area contributed by atoms with Gasteiger partial charge >= 0.3 is 0 Å². The Labute approximate surface area is 123 Å². The second-order valence-corrected chi connectivity index (χ2v) is 6.35. The molecule has 0 aliphatic heterocycles. The van der Waals surface area contributed by atoms with E-state index in [9.17, 15) is 9.59 Å². The van der Waals surface area contributed by atoms with Crippen molar-refractivity contribution in [2.75, 3.05) is 0 Å². The number of halogens is 2. The summed E-state index contributed by atoms with van der Waals surface area (Å²) in [7, 11) is 1.72. The number of thiophene rings is 1. The van der Waals surface area contributed by atoms with Gasteiger partial charge in [-0.15, -0.1) is 11.3 Å². The Balaban J connectivity index is 2.18. The molecule has 0 radical (unpaired) electrons. The van der Waals surface area contributed by atoms with E-state index < -0.39 is 0 Å². The normalized spacial score (nSPS) is 10.7. The van der Waals surface area contributed by atoms with Crippen molar-refractivity contribution in [2.24, 2.45) is 7.05 Å². The Morgan fingerprint density at radius 2 is 1.95 bits per heavy atom. The Kier molecular flexibility index (Phi) is 4.08. The highest BCUT2D eigenvalue weighted by atomic mass is 35.5. The predicted molar refractivity (Wildman–Crippen MR) is 75.6 cm³/mol. The number of carbonyl (C=O) groups excluding carboxylic acids is 2. The van der Waals surface area contributed by atoms with E-state index in [-0.39, 0.29) is 18.0 Å². The molecule has 0 fully saturated rings. The minimum atomic E-state index is -0.332. The lowest BCUT2D eigenvalue weighted by Gasteiger charge is -1.98. The standard InChI is InChI=1S/C12H10Cl2N2O2S/c1-6-8(5-16(2)15-6)10(18)4-9(17)7-3-11(13)19-12(7)14/h3,5H,4H2,1-2H3. The third-order valence-corrected chi connectivity index (χ3v) is 4.08. The van der Waals surface area contributed by atoms with Crippen LogP contribution in [0.4, 0.5) is 0 Å². The molecule has 0 saturated heterocycles. The summed E-state index contributed by atoms with van der Waals surface area (Å²) >= 11 is 12.8. The van der Waals surface area contributed by atoms with Crippen molar-refractivity contribution in [3.63, 3.8) is 0 Å². The number of nitrogens with zero attached hydrogens (tertiary/aromatic N) is 2. The fraction of sp³-hybridized carbons (Fsp3) is 0.250. The Bertz CT molecular complexity index is 604. The summed E-state index contributed by atoms with van der Waals surface area (Å²) in [5, 5.41) is 4.07. The van der Waals surface area contributed by atoms with Gasteiger partial charge in [-0.1, -0.05) is 23.2 Å². The van der Waals surface area contributed by atoms with Gasteiger partial charge in [0.05, 0.1) is 22.0 Å². The first-order valence-electron chi connectivity index (χ1n) is 5.40. The summed E-state index contributed by atoms with van der Waals surface area (Å²) in [6, 6.07) is 1.49. The molecule has 0 aliphatic rings. The minimum absolute atomic E-state index is 0.237. The van der Waals surface area contributed by atoms with Crippen LogP contribution in [0.1, 0.15) is 32.8 Å². The van der Waals surface area contributed by atoms with Crippen LogP contribution in [0.5, 0.6) is 0 Å². The first kappa shape index (κ1) is 14.2. The lowest BCUT2D eigenvalue weighted by molar-refractivity contribution is 0.0894. The van der Waals surface area contributed by atoms with Crippen LogP contribution < -0.4 is 0 Å². The van der Waals surface area contributed by atoms with E-state index in [1.54, 1.807) is 24.9 Å². The van der Waals surface area contributed by atoms with Crippen molar-refractivity contribution >= 4 is 46.1 Å². The zero-order valence-electron chi connectivity index (χ0n) is 10.2. The number of hydrogen-bond donors (Lipinski definition) is 0. The van der Waals surface area contributed by atoms with E-state index >= 15 is 0 Å². The van der Waals surface area contributed by atoms with Gasteiger partial charge in [0.1, 0.15) is 4.34 Å². The Hall–Kier alpha value is -1.17. The molecule has 2 aromatic rings. The third-order valence-electron chi connectivity index (χ3n) is 2.59. The van der Waals surface area contributed by atoms with Crippen LogP contribution in [0.3, 0.4) is 0 Å². The van der Waals surface area contributed by atoms with Crippen molar-refractivity contribution in [3.05, 3.63) is 37.8 Å². The van der Waals surface area contributed by atoms with Crippen LogP contribution in [0.15, 0.2) is 12.3 Å². The van der Waals surface area contributed by atoms with Crippen LogP contribution in [0.25, 0.3) is 0 Å². The highest BCUT2D eigenvalue weighted by Gasteiger charge is 2.20. The van der Waals surface area contributed by atoms with Crippen molar-refractivity contribution in [1.29, 1.82) is 0 Å². The summed E-state index contributed by atoms with van der Waals surface area (Å²) < 4.78 is 2.28. The van der Waals surface area contributed by atoms with Crippen molar-refractivity contribution in [3.8, 4) is 0 Å². The minimum Gasteiger partial charge on any atom is -0.294 e. The fourth-order valence-electron chi connectivity index (χ4n) is 1.74. The summed E-state index contributed by atoms with van der Waals surface area (Å²) in [4.78, 5) is 24.0. The number of hydrogen-bond acceptors (Lipinski definition) is 4. The molecule has 0 aromatic carbocycles. The molecule has 0 unspecified atom stereocenters. The van der Waals surface area contributed by atoms with E-state index in [1.165, 1.54) is 6.07 Å². The molecule has 2 rings (SSSR count). The molecule has 0 bridgehead atoms. The van der Waals surface area contributed by atoms with Gasteiger partial charge in [-0.05, 0) is 13.0 Å². The van der Waals surface area contributed by atoms with Gasteiger partial charge in [-0.3, -0.25) is 14.3 Å². The maximum absolute atomic E-state index is 12.0. The molecule has 100 valence electrons. The maximum Gasteiger partial charge on any atom is 0.174 e. The van der Waals surface area contributed by atoms with Crippen molar-refractivity contribution < 1.29 is 9.59 Å². The molecule has 4 nitrogen and oxygen atoms in total. The molecule has 0 amide bonds. The first-order chi connectivity index (χ1) is 8.88. The van der Waals surface area contributed by atoms with E-state index in [0.29, 0.717) is 25.5 Å². The third kappa shape index (κ3) is 3.05. The fourth-order valence-corrected chi connectivity index (χ4v) is 3.24. The quantitative estimate of drug-likeness (QED) is 0.640. The van der Waals surface area contributed by atoms with Crippen LogP contribution in [0.2, 0.25) is 8.67 Å². The van der Waals surface area contributed by atoms with Gasteiger partial charge in [0.2, 0.25) is 0 Å². The molecule has 2 heterocycles. The molecular weight excluding hydrogens is 307 g/mol. The smallest absolute Gasteiger partial charge is 0.174 e. The van der Waals surface area contributed by atoms with Gasteiger partial charge < -0.3 is 0 Å². The molecule has 0 spiro atoms. The predicted octanol–water partition coefficient (Wildman–Crippen LogP) is 3.55. The average Bonchev–Trinajstić information content (AvgIpc) is 2.81. The second kappa shape index (κ2) is 5.45. The number of aryl methyl sites for hydroxylation is 2. The van der Waals surface area contributed by atoms with Gasteiger partial charge in [0, 0.05) is 18.8 Å². The molecule has 2 aromatic heterocycles. The summed E-state index contributed by atoms with van der Waals surface area (Å²) in [6.07, 6.45) is 1.37. The molecule has 0 atom stereocenters. The van der Waals surface area contributed by atoms with E-state index in [0.717, 1.165) is 11.3 Å². The monoisotopic (exact) mass is 316 g/mol. The lowest BCUT2D eigenvalue weighted by Crippen LogP contribution is -2.08. The molecule has 0 saturated carbocycles. The highest BCUT2D eigenvalue weighted by Crippen LogP contribution is 2.32. The molecule has 7 heteroatoms. The van der Waals surface area contributed by atoms with Crippen molar-refractivity contribution in [1.82, 2.24) is 9.78 Å². The van der Waals surface area contributed by atoms with Gasteiger partial charge in [0.15, 0.2) is 11.6 Å². The number of carbonyl (C=O) groups is 2. The molecular formula is C12H10Cl2N2O2S. The number of Topliss-reactive ketones (excluding diaryl/α,β-unsaturated/α-hetero) is 2. The maximum atomic E-state index is 12.0. The lowest BCUT2D eigenvalue weighted by atomic mass is 10.0. The van der Waals surface area contributed by atoms with Crippen LogP contribution >= 0.6 is 34.5 Å². The zero-order valence-corrected chi connectivity index (χ0v) is 12.6. The van der Waals surface area contributed by atoms with E-state index in [4.69, 9.17) is 23.2 Å². The van der Waals surface area contributed by atoms with E-state index in [1.807, 2.05) is 0 Å². The number of rotatable bonds is 4. The van der Waals surface area contributed by atoms with E-state index in [2.05, 4.69) is 5.10 Å². The SMILES string of the molecule is Cc1nn(C)cc1C(=O)CC(=O)c1cc(Cl)sc1Cl. The van der Waals surface area contributed by atoms with Crippen LogP contribution in [0, 0.1) is 6.92 Å². The highest BCUT2D eigenvalue weighted by molar-refractivity contribution is 7.20. The average molecular weight is 317 g/mol. The van der Waals surface area contributed by atoms with Gasteiger partial charge in [-0.2, -0.15) is 5.10 Å². The van der Waals surface area contributed by atoms with Gasteiger partial charge in [-0.25, -0.2) is 0 Å². The molecule has 19 heavy (non-hydrogen) atoms. The summed E-state index contributed by atoms with van der Waals surface area (Å²) in [5.74, 6) is -0.601. The second-order valence-electron chi connectivity index (χ2n) is 4.06.